The zero-order valence-corrected chi connectivity index (χ0v) is 23.6. The van der Waals surface area contributed by atoms with Crippen LogP contribution in [-0.4, -0.2) is 48.6 Å². The van der Waals surface area contributed by atoms with Crippen LogP contribution in [0.5, 0.6) is 0 Å². The second-order valence-corrected chi connectivity index (χ2v) is 11.4. The average Bonchev–Trinajstić information content (AvgIpc) is 3.31. The molecule has 0 spiro atoms. The molecule has 1 aliphatic rings. The van der Waals surface area contributed by atoms with Gasteiger partial charge in [0.15, 0.2) is 0 Å². The number of nitrogens with two attached hydrogens (primary N) is 1. The molecule has 3 N–H and O–H groups in total. The number of nitrogens with one attached hydrogen (secondary N) is 1. The zero-order valence-electron chi connectivity index (χ0n) is 22.0. The van der Waals surface area contributed by atoms with Gasteiger partial charge >= 0.3 is 5.97 Å². The third-order valence-electron chi connectivity index (χ3n) is 7.15. The lowest BCUT2D eigenvalue weighted by Crippen LogP contribution is -2.36. The number of likely N-dealkylation sites (tertiary alicyclic amines) is 1. The Morgan fingerprint density at radius 3 is 2.55 bits per heavy atom. The van der Waals surface area contributed by atoms with E-state index < -0.39 is 0 Å². The van der Waals surface area contributed by atoms with Crippen molar-refractivity contribution in [1.82, 2.24) is 9.88 Å². The molecule has 1 aromatic heterocycles. The Bertz CT molecular complexity index is 1460. The number of aryl methyl sites for hydroxylation is 1. The van der Waals surface area contributed by atoms with E-state index in [-0.39, 0.29) is 12.4 Å². The van der Waals surface area contributed by atoms with E-state index in [0.29, 0.717) is 17.7 Å². The molecular formula is C30H33ClN4O2S. The number of piperidine rings is 1. The highest BCUT2D eigenvalue weighted by molar-refractivity contribution is 7.22. The lowest BCUT2D eigenvalue weighted by Gasteiger charge is -2.30. The summed E-state index contributed by atoms with van der Waals surface area (Å²) < 4.78 is 6.31. The number of nitrogen functional groups attached to an aromatic ring is 1. The monoisotopic (exact) mass is 548 g/mol. The zero-order chi connectivity index (χ0) is 26.8. The third-order valence-corrected chi connectivity index (χ3v) is 8.54. The first-order chi connectivity index (χ1) is 18.3. The molecule has 198 valence electrons. The summed E-state index contributed by atoms with van der Waals surface area (Å²) in [5, 5.41) is 5.19. The molecule has 1 aliphatic heterocycles. The summed E-state index contributed by atoms with van der Waals surface area (Å²) >= 11 is 7.80. The molecule has 5 rings (SSSR count). The Labute approximate surface area is 232 Å². The lowest BCUT2D eigenvalue weighted by molar-refractivity contribution is -0.142. The smallest absolute Gasteiger partial charge is 0.310 e. The lowest BCUT2D eigenvalue weighted by atomic mass is 9.93. The molecule has 0 bridgehead atoms. The van der Waals surface area contributed by atoms with Crippen molar-refractivity contribution in [2.75, 3.05) is 37.8 Å². The highest BCUT2D eigenvalue weighted by Crippen LogP contribution is 2.42. The number of hydrogen-bond donors (Lipinski definition) is 2. The van der Waals surface area contributed by atoms with Crippen LogP contribution in [0.3, 0.4) is 0 Å². The highest BCUT2D eigenvalue weighted by Gasteiger charge is 2.21. The minimum absolute atomic E-state index is 0.199. The van der Waals surface area contributed by atoms with Crippen molar-refractivity contribution >= 4 is 50.5 Å². The van der Waals surface area contributed by atoms with Crippen molar-refractivity contribution in [3.8, 4) is 21.7 Å². The predicted octanol–water partition coefficient (Wildman–Crippen LogP) is 6.79. The third kappa shape index (κ3) is 5.65. The topological polar surface area (TPSA) is 80.5 Å². The second kappa shape index (κ2) is 11.3. The van der Waals surface area contributed by atoms with E-state index >= 15 is 0 Å². The second-order valence-electron chi connectivity index (χ2n) is 9.93. The van der Waals surface area contributed by atoms with Crippen LogP contribution in [0, 0.1) is 6.92 Å². The fourth-order valence-electron chi connectivity index (χ4n) is 5.06. The van der Waals surface area contributed by atoms with Crippen molar-refractivity contribution in [3.05, 3.63) is 64.7 Å². The molecule has 1 saturated heterocycles. The Morgan fingerprint density at radius 2 is 1.87 bits per heavy atom. The van der Waals surface area contributed by atoms with Gasteiger partial charge < -0.3 is 20.7 Å². The van der Waals surface area contributed by atoms with Gasteiger partial charge in [-0.25, -0.2) is 4.98 Å². The summed E-state index contributed by atoms with van der Waals surface area (Å²) in [7, 11) is 2.16. The summed E-state index contributed by atoms with van der Waals surface area (Å²) in [4.78, 5) is 19.9. The number of nitrogens with zero attached hydrogens (tertiary/aromatic N) is 2. The maximum Gasteiger partial charge on any atom is 0.310 e. The van der Waals surface area contributed by atoms with Crippen LogP contribution in [-0.2, 0) is 16.0 Å². The molecule has 0 aliphatic carbocycles. The molecule has 3 aromatic carbocycles. The van der Waals surface area contributed by atoms with Crippen molar-refractivity contribution < 1.29 is 9.53 Å². The predicted molar refractivity (Wildman–Crippen MR) is 159 cm³/mol. The van der Waals surface area contributed by atoms with Gasteiger partial charge in [-0.2, -0.15) is 0 Å². The quantitative estimate of drug-likeness (QED) is 0.195. The minimum atomic E-state index is -0.240. The molecule has 8 heteroatoms. The van der Waals surface area contributed by atoms with E-state index in [2.05, 4.69) is 35.5 Å². The maximum absolute atomic E-state index is 12.5. The summed E-state index contributed by atoms with van der Waals surface area (Å²) in [6.07, 6.45) is 2.41. The molecule has 1 fully saturated rings. The van der Waals surface area contributed by atoms with Crippen molar-refractivity contribution in [2.45, 2.75) is 39.2 Å². The highest BCUT2D eigenvalue weighted by atomic mass is 35.5. The number of carbonyl (C=O) groups excluding carboxylic acids is 1. The van der Waals surface area contributed by atoms with Crippen molar-refractivity contribution in [3.63, 3.8) is 0 Å². The molecule has 38 heavy (non-hydrogen) atoms. The Kier molecular flexibility index (Phi) is 7.88. The number of carbonyl (C=O) groups is 1. The molecule has 0 amide bonds. The van der Waals surface area contributed by atoms with Gasteiger partial charge in [-0.3, -0.25) is 4.79 Å². The van der Waals surface area contributed by atoms with Crippen LogP contribution < -0.4 is 11.1 Å². The van der Waals surface area contributed by atoms with Gasteiger partial charge in [-0.05, 0) is 99.9 Å². The minimum Gasteiger partial charge on any atom is -0.466 e. The first-order valence-electron chi connectivity index (χ1n) is 13.0. The van der Waals surface area contributed by atoms with Gasteiger partial charge in [0.25, 0.3) is 0 Å². The number of ether oxygens (including phenoxy) is 1. The molecular weight excluding hydrogens is 516 g/mol. The normalized spacial score (nSPS) is 14.6. The number of aromatic nitrogens is 1. The number of thiazole rings is 1. The van der Waals surface area contributed by atoms with Crippen LogP contribution in [0.1, 0.15) is 30.9 Å². The number of fused-ring (bicyclic) bond motifs is 1. The fraction of sp³-hybridized carbons (Fsp3) is 0.333. The Balaban J connectivity index is 1.53. The van der Waals surface area contributed by atoms with Gasteiger partial charge in [-0.15, -0.1) is 11.3 Å². The summed E-state index contributed by atoms with van der Waals surface area (Å²) in [5.41, 5.74) is 14.0. The van der Waals surface area contributed by atoms with Crippen LogP contribution >= 0.6 is 22.9 Å². The van der Waals surface area contributed by atoms with E-state index in [9.17, 15) is 4.79 Å². The van der Waals surface area contributed by atoms with E-state index in [4.69, 9.17) is 27.1 Å². The van der Waals surface area contributed by atoms with Crippen LogP contribution in [0.4, 0.5) is 11.4 Å². The van der Waals surface area contributed by atoms with Gasteiger partial charge in [0, 0.05) is 22.2 Å². The number of anilines is 2. The summed E-state index contributed by atoms with van der Waals surface area (Å²) in [6.45, 7) is 6.38. The molecule has 4 aromatic rings. The van der Waals surface area contributed by atoms with E-state index in [1.54, 1.807) is 11.3 Å². The maximum atomic E-state index is 12.5. The first kappa shape index (κ1) is 26.5. The van der Waals surface area contributed by atoms with Crippen LogP contribution in [0.2, 0.25) is 5.02 Å². The Morgan fingerprint density at radius 1 is 1.16 bits per heavy atom. The molecule has 0 radical (unpaired) electrons. The standard InChI is InChI=1S/C30H33ClN4O2S/c1-4-37-27(36)17-23-18(2)15-26-29(28(23)19-5-8-21(31)9-6-19)38-30(34-26)20-7-10-25(24(32)16-20)33-22-11-13-35(3)14-12-22/h5-10,15-16,22,33H,4,11-14,17,32H2,1-3H3. The van der Waals surface area contributed by atoms with Gasteiger partial charge in [-0.1, -0.05) is 23.7 Å². The number of benzene rings is 3. The van der Waals surface area contributed by atoms with Gasteiger partial charge in [0.2, 0.25) is 0 Å². The molecule has 0 unspecified atom stereocenters. The largest absolute Gasteiger partial charge is 0.466 e. The number of hydrogen-bond acceptors (Lipinski definition) is 7. The van der Waals surface area contributed by atoms with Gasteiger partial charge in [0.1, 0.15) is 5.01 Å². The number of rotatable bonds is 7. The average molecular weight is 549 g/mol. The van der Waals surface area contributed by atoms with Gasteiger partial charge in [0.05, 0.1) is 34.6 Å². The number of esters is 1. The van der Waals surface area contributed by atoms with E-state index in [1.807, 2.05) is 44.2 Å². The first-order valence-corrected chi connectivity index (χ1v) is 14.2. The van der Waals surface area contributed by atoms with E-state index in [0.717, 1.165) is 80.3 Å². The summed E-state index contributed by atoms with van der Waals surface area (Å²) in [6, 6.07) is 16.4. The van der Waals surface area contributed by atoms with Crippen LogP contribution in [0.15, 0.2) is 48.5 Å². The Hall–Kier alpha value is -3.13. The molecule has 0 saturated carbocycles. The SMILES string of the molecule is CCOC(=O)Cc1c(C)cc2nc(-c3ccc(NC4CCN(C)CC4)c(N)c3)sc2c1-c1ccc(Cl)cc1. The van der Waals surface area contributed by atoms with Crippen LogP contribution in [0.25, 0.3) is 31.9 Å². The molecule has 0 atom stereocenters. The summed E-state index contributed by atoms with van der Waals surface area (Å²) in [5.74, 6) is -0.240. The number of halogens is 1. The van der Waals surface area contributed by atoms with E-state index in [1.165, 1.54) is 0 Å². The molecule has 2 heterocycles. The fourth-order valence-corrected chi connectivity index (χ4v) is 6.33. The molecule has 6 nitrogen and oxygen atoms in total. The van der Waals surface area contributed by atoms with Crippen molar-refractivity contribution in [2.24, 2.45) is 0 Å². The van der Waals surface area contributed by atoms with Crippen molar-refractivity contribution in [1.29, 1.82) is 0 Å².